The zero-order chi connectivity index (χ0) is 18.4. The topological polar surface area (TPSA) is 68.5 Å². The quantitative estimate of drug-likeness (QED) is 0.489. The fourth-order valence-corrected chi connectivity index (χ4v) is 2.40. The molecule has 0 heterocycles. The van der Waals surface area contributed by atoms with Gasteiger partial charge in [-0.3, -0.25) is 4.79 Å². The van der Waals surface area contributed by atoms with Crippen LogP contribution in [0.1, 0.15) is 15.9 Å². The number of halogens is 2. The van der Waals surface area contributed by atoms with Crippen molar-refractivity contribution in [1.82, 2.24) is 10.1 Å². The Morgan fingerprint density at radius 1 is 1.04 bits per heavy atom. The van der Waals surface area contributed by atoms with E-state index in [2.05, 4.69) is 10.3 Å². The molecule has 0 spiro atoms. The van der Waals surface area contributed by atoms with E-state index in [1.165, 1.54) is 5.01 Å². The third-order valence-corrected chi connectivity index (χ3v) is 3.61. The van der Waals surface area contributed by atoms with E-state index in [1.54, 1.807) is 62.6 Å². The summed E-state index contributed by atoms with van der Waals surface area (Å²) in [4.78, 5) is 12.8. The zero-order valence-corrected chi connectivity index (χ0v) is 15.1. The van der Waals surface area contributed by atoms with E-state index in [9.17, 15) is 4.79 Å². The summed E-state index contributed by atoms with van der Waals surface area (Å²) in [5.74, 6) is -0.390. The minimum Gasteiger partial charge on any atom is -0.411 e. The molecule has 0 atom stereocenters. The van der Waals surface area contributed by atoms with Crippen molar-refractivity contribution >= 4 is 41.0 Å². The van der Waals surface area contributed by atoms with Crippen LogP contribution in [0.5, 0.6) is 0 Å². The molecule has 1 N–H and O–H groups in total. The highest BCUT2D eigenvalue weighted by Crippen LogP contribution is 2.15. The summed E-state index contributed by atoms with van der Waals surface area (Å²) in [5.41, 5.74) is 1.22. The van der Waals surface area contributed by atoms with Crippen LogP contribution in [0.3, 0.4) is 0 Å². The van der Waals surface area contributed by atoms with Crippen molar-refractivity contribution in [3.8, 4) is 0 Å². The second-order valence-electron chi connectivity index (χ2n) is 5.19. The molecule has 0 fully saturated rings. The molecule has 0 bridgehead atoms. The Morgan fingerprint density at radius 3 is 2.12 bits per heavy atom. The number of amides is 1. The first-order chi connectivity index (χ1) is 11.9. The first-order valence-electron chi connectivity index (χ1n) is 7.21. The van der Waals surface area contributed by atoms with Crippen LogP contribution in [0.25, 0.3) is 0 Å². The van der Waals surface area contributed by atoms with E-state index in [-0.39, 0.29) is 5.71 Å². The van der Waals surface area contributed by atoms with Gasteiger partial charge in [-0.1, -0.05) is 46.6 Å². The van der Waals surface area contributed by atoms with Crippen molar-refractivity contribution in [2.24, 2.45) is 10.3 Å². The predicted octanol–water partition coefficient (Wildman–Crippen LogP) is 3.78. The highest BCUT2D eigenvalue weighted by molar-refractivity contribution is 6.39. The lowest BCUT2D eigenvalue weighted by molar-refractivity contribution is 0.0217. The standard InChI is InChI=1S/C17H16Cl2N4O2/c1-22(2)23(17(24)13-6-4-8-15(19)10-13)21-16(11-20-25)12-5-3-7-14(18)9-12/h3-11,25H,1-2H3. The molecule has 0 aromatic heterocycles. The average Bonchev–Trinajstić information content (AvgIpc) is 2.57. The summed E-state index contributed by atoms with van der Waals surface area (Å²) in [6.45, 7) is 0. The molecule has 0 saturated carbocycles. The summed E-state index contributed by atoms with van der Waals surface area (Å²) < 4.78 is 0. The Morgan fingerprint density at radius 2 is 1.60 bits per heavy atom. The Kier molecular flexibility index (Phi) is 6.52. The molecule has 2 aromatic rings. The number of hydrogen-bond acceptors (Lipinski definition) is 5. The number of hydrogen-bond donors (Lipinski definition) is 1. The Hall–Kier alpha value is -2.41. The Balaban J connectivity index is 2.46. The van der Waals surface area contributed by atoms with Gasteiger partial charge in [-0.2, -0.15) is 10.2 Å². The van der Waals surface area contributed by atoms with Gasteiger partial charge < -0.3 is 5.21 Å². The van der Waals surface area contributed by atoms with Gasteiger partial charge in [0.2, 0.25) is 0 Å². The summed E-state index contributed by atoms with van der Waals surface area (Å²) in [6, 6.07) is 13.4. The van der Waals surface area contributed by atoms with Crippen LogP contribution in [0, 0.1) is 0 Å². The van der Waals surface area contributed by atoms with Crippen LogP contribution in [0.2, 0.25) is 10.0 Å². The second-order valence-corrected chi connectivity index (χ2v) is 6.07. The van der Waals surface area contributed by atoms with E-state index in [4.69, 9.17) is 28.4 Å². The second kappa shape index (κ2) is 8.62. The summed E-state index contributed by atoms with van der Waals surface area (Å²) in [7, 11) is 3.33. The van der Waals surface area contributed by atoms with Crippen molar-refractivity contribution in [2.45, 2.75) is 0 Å². The first kappa shape index (κ1) is 18.9. The highest BCUT2D eigenvalue weighted by atomic mass is 35.5. The zero-order valence-electron chi connectivity index (χ0n) is 13.6. The highest BCUT2D eigenvalue weighted by Gasteiger charge is 2.19. The molecule has 130 valence electrons. The van der Waals surface area contributed by atoms with Crippen LogP contribution in [-0.4, -0.2) is 47.3 Å². The average molecular weight is 379 g/mol. The number of hydrazone groups is 1. The van der Waals surface area contributed by atoms with Gasteiger partial charge in [0, 0.05) is 35.3 Å². The summed E-state index contributed by atoms with van der Waals surface area (Å²) in [6.07, 6.45) is 1.13. The predicted molar refractivity (Wildman–Crippen MR) is 99.6 cm³/mol. The SMILES string of the molecule is CN(C)N(N=C(C=NO)c1cccc(Cl)c1)C(=O)c1cccc(Cl)c1. The Bertz CT molecular complexity index is 822. The fraction of sp³-hybridized carbons (Fsp3) is 0.118. The van der Waals surface area contributed by atoms with Crippen LogP contribution in [0.4, 0.5) is 0 Å². The molecule has 1 amide bonds. The summed E-state index contributed by atoms with van der Waals surface area (Å²) in [5, 5.41) is 19.8. The van der Waals surface area contributed by atoms with E-state index in [1.807, 2.05) is 0 Å². The van der Waals surface area contributed by atoms with Crippen molar-refractivity contribution in [3.63, 3.8) is 0 Å². The minimum absolute atomic E-state index is 0.258. The number of benzene rings is 2. The molecule has 2 aromatic carbocycles. The molecule has 0 saturated heterocycles. The molecule has 0 radical (unpaired) electrons. The van der Waals surface area contributed by atoms with Crippen LogP contribution < -0.4 is 0 Å². The third kappa shape index (κ3) is 5.03. The lowest BCUT2D eigenvalue weighted by Crippen LogP contribution is -2.39. The van der Waals surface area contributed by atoms with Crippen LogP contribution in [0.15, 0.2) is 58.8 Å². The Labute approximate surface area is 155 Å². The van der Waals surface area contributed by atoms with Gasteiger partial charge in [-0.05, 0) is 30.3 Å². The van der Waals surface area contributed by atoms with Gasteiger partial charge in [0.15, 0.2) is 0 Å². The molecule has 2 rings (SSSR count). The fourth-order valence-electron chi connectivity index (χ4n) is 2.02. The number of rotatable bonds is 5. The number of carbonyl (C=O) groups is 1. The molecule has 25 heavy (non-hydrogen) atoms. The van der Waals surface area contributed by atoms with Crippen LogP contribution >= 0.6 is 23.2 Å². The normalized spacial score (nSPS) is 12.0. The van der Waals surface area contributed by atoms with Gasteiger partial charge in [-0.15, -0.1) is 0 Å². The third-order valence-electron chi connectivity index (χ3n) is 3.13. The van der Waals surface area contributed by atoms with Crippen molar-refractivity contribution in [2.75, 3.05) is 14.1 Å². The van der Waals surface area contributed by atoms with Gasteiger partial charge in [0.05, 0.1) is 6.21 Å². The lowest BCUT2D eigenvalue weighted by Gasteiger charge is -2.24. The molecule has 0 aliphatic heterocycles. The maximum Gasteiger partial charge on any atom is 0.289 e. The van der Waals surface area contributed by atoms with Gasteiger partial charge in [-0.25, -0.2) is 5.01 Å². The lowest BCUT2D eigenvalue weighted by atomic mass is 10.1. The van der Waals surface area contributed by atoms with E-state index in [0.717, 1.165) is 11.3 Å². The molecular weight excluding hydrogens is 363 g/mol. The molecule has 6 nitrogen and oxygen atoms in total. The number of nitrogens with zero attached hydrogens (tertiary/aromatic N) is 4. The maximum absolute atomic E-state index is 12.8. The molecule has 8 heteroatoms. The van der Waals surface area contributed by atoms with E-state index in [0.29, 0.717) is 21.2 Å². The molecule has 0 aliphatic rings. The number of carbonyl (C=O) groups excluding carboxylic acids is 1. The largest absolute Gasteiger partial charge is 0.411 e. The molecular formula is C17H16Cl2N4O2. The molecule has 0 unspecified atom stereocenters. The van der Waals surface area contributed by atoms with Crippen molar-refractivity contribution < 1.29 is 10.0 Å². The maximum atomic E-state index is 12.8. The van der Waals surface area contributed by atoms with E-state index >= 15 is 0 Å². The van der Waals surface area contributed by atoms with Gasteiger partial charge >= 0.3 is 0 Å². The van der Waals surface area contributed by atoms with E-state index < -0.39 is 5.91 Å². The number of oxime groups is 1. The smallest absolute Gasteiger partial charge is 0.289 e. The van der Waals surface area contributed by atoms with Crippen LogP contribution in [-0.2, 0) is 0 Å². The molecule has 0 aliphatic carbocycles. The van der Waals surface area contributed by atoms with Gasteiger partial charge in [0.25, 0.3) is 5.91 Å². The minimum atomic E-state index is -0.390. The summed E-state index contributed by atoms with van der Waals surface area (Å²) >= 11 is 11.9. The first-order valence-corrected chi connectivity index (χ1v) is 7.97. The number of hydrazine groups is 1. The van der Waals surface area contributed by atoms with Crippen molar-refractivity contribution in [3.05, 3.63) is 69.7 Å². The van der Waals surface area contributed by atoms with Gasteiger partial charge in [0.1, 0.15) is 5.71 Å². The monoisotopic (exact) mass is 378 g/mol. The van der Waals surface area contributed by atoms with Crippen molar-refractivity contribution in [1.29, 1.82) is 0 Å².